The van der Waals surface area contributed by atoms with Gasteiger partial charge in [0.25, 0.3) is 5.91 Å². The molecule has 0 radical (unpaired) electrons. The van der Waals surface area contributed by atoms with E-state index in [1.54, 1.807) is 18.5 Å². The summed E-state index contributed by atoms with van der Waals surface area (Å²) in [6.45, 7) is 6.16. The number of hydrogen-bond donors (Lipinski definition) is 2. The molecule has 10 heteroatoms. The van der Waals surface area contributed by atoms with E-state index in [-0.39, 0.29) is 5.56 Å². The highest BCUT2D eigenvalue weighted by molar-refractivity contribution is 6.05. The summed E-state index contributed by atoms with van der Waals surface area (Å²) in [7, 11) is 2.04. The number of likely N-dealkylation sites (N-methyl/N-ethyl adjacent to an activating group) is 1. The molecule has 2 N–H and O–H groups in total. The van der Waals surface area contributed by atoms with Gasteiger partial charge in [-0.1, -0.05) is 12.1 Å². The third-order valence-electron chi connectivity index (χ3n) is 6.32. The molecule has 0 spiro atoms. The second-order valence-corrected chi connectivity index (χ2v) is 9.03. The summed E-state index contributed by atoms with van der Waals surface area (Å²) in [5.41, 5.74) is 2.96. The molecule has 0 unspecified atom stereocenters. The van der Waals surface area contributed by atoms with E-state index in [0.29, 0.717) is 24.3 Å². The predicted octanol–water partition coefficient (Wildman–Crippen LogP) is 4.42. The lowest BCUT2D eigenvalue weighted by Crippen LogP contribution is -2.44. The van der Waals surface area contributed by atoms with Crippen LogP contribution in [-0.2, 0) is 19.3 Å². The molecule has 1 fully saturated rings. The lowest BCUT2D eigenvalue weighted by Gasteiger charge is -2.32. The number of rotatable bonds is 7. The van der Waals surface area contributed by atoms with E-state index < -0.39 is 17.6 Å². The minimum atomic E-state index is -4.54. The Hall–Kier alpha value is -3.50. The van der Waals surface area contributed by atoms with Crippen molar-refractivity contribution in [2.75, 3.05) is 43.9 Å². The summed E-state index contributed by atoms with van der Waals surface area (Å²) in [6.07, 6.45) is 0.219. The largest absolute Gasteiger partial charge is 0.416 e. The first-order chi connectivity index (χ1) is 17.2. The van der Waals surface area contributed by atoms with Gasteiger partial charge in [-0.05, 0) is 54.9 Å². The Morgan fingerprint density at radius 2 is 1.69 bits per heavy atom. The van der Waals surface area contributed by atoms with Gasteiger partial charge in [0, 0.05) is 50.5 Å². The van der Waals surface area contributed by atoms with Gasteiger partial charge in [-0.25, -0.2) is 9.97 Å². The fourth-order valence-electron chi connectivity index (χ4n) is 4.07. The molecule has 1 aliphatic rings. The molecule has 3 aromatic rings. The maximum absolute atomic E-state index is 13.5. The van der Waals surface area contributed by atoms with E-state index in [2.05, 4.69) is 30.4 Å². The maximum Gasteiger partial charge on any atom is 0.416 e. The van der Waals surface area contributed by atoms with E-state index in [4.69, 9.17) is 0 Å². The van der Waals surface area contributed by atoms with E-state index >= 15 is 0 Å². The van der Waals surface area contributed by atoms with Crippen molar-refractivity contribution < 1.29 is 18.0 Å². The molecule has 2 aromatic carbocycles. The molecule has 0 aliphatic carbocycles. The van der Waals surface area contributed by atoms with Gasteiger partial charge in [0.05, 0.1) is 23.6 Å². The minimum absolute atomic E-state index is 0.0328. The first-order valence-corrected chi connectivity index (χ1v) is 11.7. The van der Waals surface area contributed by atoms with Crippen molar-refractivity contribution in [3.8, 4) is 0 Å². The van der Waals surface area contributed by atoms with Crippen LogP contribution >= 0.6 is 0 Å². The molecule has 0 bridgehead atoms. The highest BCUT2D eigenvalue weighted by atomic mass is 19.4. The lowest BCUT2D eigenvalue weighted by atomic mass is 10.0. The zero-order chi connectivity index (χ0) is 25.7. The number of aryl methyl sites for hydroxylation is 1. The number of carbonyl (C=O) groups is 1. The van der Waals surface area contributed by atoms with Crippen molar-refractivity contribution in [1.82, 2.24) is 19.8 Å². The van der Waals surface area contributed by atoms with Crippen LogP contribution in [0.3, 0.4) is 0 Å². The average molecular weight is 499 g/mol. The fourth-order valence-corrected chi connectivity index (χ4v) is 4.07. The molecular formula is C26H29F3N6O. The number of hydrogen-bond acceptors (Lipinski definition) is 6. The van der Waals surface area contributed by atoms with Crippen LogP contribution in [0.2, 0.25) is 0 Å². The van der Waals surface area contributed by atoms with Gasteiger partial charge in [-0.15, -0.1) is 0 Å². The first-order valence-electron chi connectivity index (χ1n) is 11.7. The monoisotopic (exact) mass is 498 g/mol. The van der Waals surface area contributed by atoms with E-state index in [1.807, 2.05) is 26.1 Å². The zero-order valence-corrected chi connectivity index (χ0v) is 20.3. The number of anilines is 2. The standard InChI is InChI=1S/C26H29F3N6O/c1-18-3-6-22(11-20(18)13-32-23-14-30-17-31-15-23)33-25(36)24-12-21(26(27,28)29)5-4-19(24)16-35-9-7-34(2)8-10-35/h3-6,11-12,14-15,17,32H,7-10,13,16H2,1-2H3,(H,33,36). The van der Waals surface area contributed by atoms with Crippen LogP contribution in [0.5, 0.6) is 0 Å². The molecule has 2 heterocycles. The van der Waals surface area contributed by atoms with E-state index in [0.717, 1.165) is 55.1 Å². The lowest BCUT2D eigenvalue weighted by molar-refractivity contribution is -0.137. The Morgan fingerprint density at radius 3 is 2.39 bits per heavy atom. The average Bonchev–Trinajstić information content (AvgIpc) is 2.86. The molecule has 1 aliphatic heterocycles. The number of alkyl halides is 3. The number of halogens is 3. The highest BCUT2D eigenvalue weighted by Gasteiger charge is 2.32. The van der Waals surface area contributed by atoms with Crippen LogP contribution in [0, 0.1) is 6.92 Å². The van der Waals surface area contributed by atoms with Crippen molar-refractivity contribution >= 4 is 17.3 Å². The van der Waals surface area contributed by atoms with Gasteiger partial charge in [-0.2, -0.15) is 13.2 Å². The molecule has 7 nitrogen and oxygen atoms in total. The van der Waals surface area contributed by atoms with Crippen LogP contribution in [0.1, 0.15) is 32.6 Å². The summed E-state index contributed by atoms with van der Waals surface area (Å²) >= 11 is 0. The quantitative estimate of drug-likeness (QED) is 0.503. The Labute approximate surface area is 208 Å². The Kier molecular flexibility index (Phi) is 7.85. The van der Waals surface area contributed by atoms with Gasteiger partial charge >= 0.3 is 6.18 Å². The number of aromatic nitrogens is 2. The number of carbonyl (C=O) groups excluding carboxylic acids is 1. The van der Waals surface area contributed by atoms with Crippen molar-refractivity contribution in [2.24, 2.45) is 0 Å². The minimum Gasteiger partial charge on any atom is -0.378 e. The number of piperazine rings is 1. The van der Waals surface area contributed by atoms with Gasteiger partial charge in [-0.3, -0.25) is 9.69 Å². The van der Waals surface area contributed by atoms with Crippen LogP contribution in [0.25, 0.3) is 0 Å². The van der Waals surface area contributed by atoms with E-state index in [1.165, 1.54) is 12.4 Å². The molecule has 190 valence electrons. The predicted molar refractivity (Wildman–Crippen MR) is 133 cm³/mol. The maximum atomic E-state index is 13.5. The van der Waals surface area contributed by atoms with Gasteiger partial charge in [0.15, 0.2) is 0 Å². The molecule has 4 rings (SSSR count). The van der Waals surface area contributed by atoms with Crippen molar-refractivity contribution in [3.05, 3.63) is 82.9 Å². The first kappa shape index (κ1) is 25.6. The zero-order valence-electron chi connectivity index (χ0n) is 20.3. The topological polar surface area (TPSA) is 73.4 Å². The molecular weight excluding hydrogens is 469 g/mol. The van der Waals surface area contributed by atoms with Crippen LogP contribution in [-0.4, -0.2) is 58.9 Å². The van der Waals surface area contributed by atoms with Crippen molar-refractivity contribution in [3.63, 3.8) is 0 Å². The number of nitrogens with one attached hydrogen (secondary N) is 2. The molecule has 36 heavy (non-hydrogen) atoms. The van der Waals surface area contributed by atoms with Crippen molar-refractivity contribution in [2.45, 2.75) is 26.2 Å². The molecule has 1 saturated heterocycles. The Balaban J connectivity index is 1.54. The normalized spacial score (nSPS) is 15.0. The number of benzene rings is 2. The summed E-state index contributed by atoms with van der Waals surface area (Å²) in [4.78, 5) is 25.5. The third-order valence-corrected chi connectivity index (χ3v) is 6.32. The van der Waals surface area contributed by atoms with Gasteiger partial charge < -0.3 is 15.5 Å². The second-order valence-electron chi connectivity index (χ2n) is 9.03. The van der Waals surface area contributed by atoms with Gasteiger partial charge in [0.2, 0.25) is 0 Å². The Morgan fingerprint density at radius 1 is 0.972 bits per heavy atom. The number of amides is 1. The fraction of sp³-hybridized carbons (Fsp3) is 0.346. The molecule has 1 aromatic heterocycles. The molecule has 1 amide bonds. The SMILES string of the molecule is Cc1ccc(NC(=O)c2cc(C(F)(F)F)ccc2CN2CCN(C)CC2)cc1CNc1cncnc1. The summed E-state index contributed by atoms with van der Waals surface area (Å²) in [6, 6.07) is 8.85. The van der Waals surface area contributed by atoms with E-state index in [9.17, 15) is 18.0 Å². The van der Waals surface area contributed by atoms with Crippen LogP contribution in [0.4, 0.5) is 24.5 Å². The van der Waals surface area contributed by atoms with Gasteiger partial charge in [0.1, 0.15) is 6.33 Å². The number of nitrogens with zero attached hydrogens (tertiary/aromatic N) is 4. The molecule has 0 atom stereocenters. The van der Waals surface area contributed by atoms with Crippen LogP contribution in [0.15, 0.2) is 55.1 Å². The Bertz CT molecular complexity index is 1190. The summed E-state index contributed by atoms with van der Waals surface area (Å²) in [5.74, 6) is -0.565. The third kappa shape index (κ3) is 6.58. The highest BCUT2D eigenvalue weighted by Crippen LogP contribution is 2.31. The van der Waals surface area contributed by atoms with Crippen molar-refractivity contribution in [1.29, 1.82) is 0 Å². The van der Waals surface area contributed by atoms with Crippen LogP contribution < -0.4 is 10.6 Å². The summed E-state index contributed by atoms with van der Waals surface area (Å²) in [5, 5.41) is 6.03. The smallest absolute Gasteiger partial charge is 0.378 e. The molecule has 0 saturated carbocycles. The second kappa shape index (κ2) is 11.0. The summed E-state index contributed by atoms with van der Waals surface area (Å²) < 4.78 is 40.4.